The molecule has 0 aliphatic heterocycles. The summed E-state index contributed by atoms with van der Waals surface area (Å²) in [5.41, 5.74) is 3.75. The second kappa shape index (κ2) is 7.55. The van der Waals surface area contributed by atoms with Gasteiger partial charge in [-0.15, -0.1) is 11.3 Å². The molecule has 0 amide bonds. The second-order valence-electron chi connectivity index (χ2n) is 6.29. The highest BCUT2D eigenvalue weighted by molar-refractivity contribution is 7.10. The Balaban J connectivity index is 1.62. The van der Waals surface area contributed by atoms with Crippen molar-refractivity contribution in [2.45, 2.75) is 13.5 Å². The highest BCUT2D eigenvalue weighted by Crippen LogP contribution is 2.23. The summed E-state index contributed by atoms with van der Waals surface area (Å²) in [4.78, 5) is 21.9. The molecule has 136 valence electrons. The van der Waals surface area contributed by atoms with Crippen LogP contribution in [0.3, 0.4) is 0 Å². The van der Waals surface area contributed by atoms with Crippen molar-refractivity contribution in [1.82, 2.24) is 19.7 Å². The molecule has 7 heteroatoms. The zero-order valence-electron chi connectivity index (χ0n) is 15.0. The smallest absolute Gasteiger partial charge is 0.267 e. The number of thiophene rings is 1. The lowest BCUT2D eigenvalue weighted by atomic mass is 10.1. The average molecular weight is 385 g/mol. The molecule has 4 aromatic rings. The third kappa shape index (κ3) is 3.72. The molecule has 0 aliphatic rings. The number of benzene rings is 1. The largest absolute Gasteiger partial charge is 0.268 e. The fourth-order valence-electron chi connectivity index (χ4n) is 2.73. The van der Waals surface area contributed by atoms with Crippen LogP contribution in [0.15, 0.2) is 65.0 Å². The lowest BCUT2D eigenvalue weighted by Crippen LogP contribution is -2.22. The highest BCUT2D eigenvalue weighted by Gasteiger charge is 2.09. The van der Waals surface area contributed by atoms with E-state index in [4.69, 9.17) is 5.26 Å². The van der Waals surface area contributed by atoms with E-state index in [-0.39, 0.29) is 5.56 Å². The molecule has 6 nitrogen and oxygen atoms in total. The third-order valence-corrected chi connectivity index (χ3v) is 5.07. The fourth-order valence-corrected chi connectivity index (χ4v) is 3.58. The van der Waals surface area contributed by atoms with E-state index < -0.39 is 0 Å². The van der Waals surface area contributed by atoms with Crippen LogP contribution in [0, 0.1) is 18.3 Å². The summed E-state index contributed by atoms with van der Waals surface area (Å²) >= 11 is 1.54. The molecule has 1 aromatic carbocycles. The Kier molecular flexibility index (Phi) is 4.79. The summed E-state index contributed by atoms with van der Waals surface area (Å²) in [5.74, 6) is 0.662. The number of hydrogen-bond donors (Lipinski definition) is 0. The zero-order valence-corrected chi connectivity index (χ0v) is 15.8. The van der Waals surface area contributed by atoms with Gasteiger partial charge in [-0.1, -0.05) is 12.1 Å². The van der Waals surface area contributed by atoms with Gasteiger partial charge in [0.2, 0.25) is 0 Å². The Morgan fingerprint density at radius 3 is 2.71 bits per heavy atom. The summed E-state index contributed by atoms with van der Waals surface area (Å²) in [7, 11) is 0. The van der Waals surface area contributed by atoms with Gasteiger partial charge in [0, 0.05) is 39.8 Å². The summed E-state index contributed by atoms with van der Waals surface area (Å²) in [6.45, 7) is 2.31. The molecule has 0 N–H and O–H groups in total. The first-order valence-electron chi connectivity index (χ1n) is 8.57. The topological polar surface area (TPSA) is 84.5 Å². The van der Waals surface area contributed by atoms with Gasteiger partial charge in [0.25, 0.3) is 5.56 Å². The van der Waals surface area contributed by atoms with E-state index in [0.717, 1.165) is 21.6 Å². The molecule has 0 saturated heterocycles. The molecule has 0 aliphatic carbocycles. The first kappa shape index (κ1) is 17.8. The van der Waals surface area contributed by atoms with E-state index in [0.29, 0.717) is 23.6 Å². The van der Waals surface area contributed by atoms with Crippen molar-refractivity contribution < 1.29 is 0 Å². The lowest BCUT2D eigenvalue weighted by Gasteiger charge is -2.06. The summed E-state index contributed by atoms with van der Waals surface area (Å²) in [6, 6.07) is 14.4. The van der Waals surface area contributed by atoms with Crippen LogP contribution in [0.1, 0.15) is 16.0 Å². The Morgan fingerprint density at radius 1 is 1.11 bits per heavy atom. The average Bonchev–Trinajstić information content (AvgIpc) is 3.19. The number of nitrogens with zero attached hydrogens (tertiary/aromatic N) is 5. The quantitative estimate of drug-likeness (QED) is 0.535. The van der Waals surface area contributed by atoms with Crippen molar-refractivity contribution in [3.8, 4) is 28.7 Å². The van der Waals surface area contributed by atoms with Crippen LogP contribution >= 0.6 is 11.3 Å². The molecular weight excluding hydrogens is 370 g/mol. The maximum atomic E-state index is 12.3. The monoisotopic (exact) mass is 385 g/mol. The van der Waals surface area contributed by atoms with Crippen LogP contribution < -0.4 is 5.56 Å². The Labute approximate surface area is 165 Å². The molecule has 3 heterocycles. The second-order valence-corrected chi connectivity index (χ2v) is 7.29. The Morgan fingerprint density at radius 2 is 1.93 bits per heavy atom. The summed E-state index contributed by atoms with van der Waals surface area (Å²) in [6.07, 6.45) is 3.56. The molecule has 0 saturated carbocycles. The first-order valence-corrected chi connectivity index (χ1v) is 9.45. The Hall–Kier alpha value is -3.63. The van der Waals surface area contributed by atoms with Crippen molar-refractivity contribution in [2.24, 2.45) is 0 Å². The lowest BCUT2D eigenvalue weighted by molar-refractivity contribution is 0.649. The minimum absolute atomic E-state index is 0.179. The molecule has 0 bridgehead atoms. The number of aromatic nitrogens is 4. The van der Waals surface area contributed by atoms with E-state index in [2.05, 4.69) is 21.1 Å². The van der Waals surface area contributed by atoms with Crippen LogP contribution in [0.5, 0.6) is 0 Å². The zero-order chi connectivity index (χ0) is 19.5. The van der Waals surface area contributed by atoms with Gasteiger partial charge in [-0.2, -0.15) is 10.4 Å². The number of hydrogen-bond acceptors (Lipinski definition) is 6. The molecule has 28 heavy (non-hydrogen) atoms. The van der Waals surface area contributed by atoms with Crippen molar-refractivity contribution in [3.05, 3.63) is 86.6 Å². The van der Waals surface area contributed by atoms with Crippen molar-refractivity contribution >= 4 is 11.3 Å². The number of rotatable bonds is 4. The van der Waals surface area contributed by atoms with Crippen molar-refractivity contribution in [1.29, 1.82) is 5.26 Å². The van der Waals surface area contributed by atoms with E-state index in [1.165, 1.54) is 22.1 Å². The summed E-state index contributed by atoms with van der Waals surface area (Å²) in [5, 5.41) is 15.5. The molecule has 3 aromatic heterocycles. The molecular formula is C21H15N5OS. The third-order valence-electron chi connectivity index (χ3n) is 4.15. The van der Waals surface area contributed by atoms with Gasteiger partial charge in [-0.3, -0.25) is 4.79 Å². The van der Waals surface area contributed by atoms with E-state index >= 15 is 0 Å². The van der Waals surface area contributed by atoms with Crippen LogP contribution in [0.4, 0.5) is 0 Å². The SMILES string of the molecule is Cc1cnc(-c2csc(Cn3nc(-c4cccc(C#N)c4)ccc3=O)c2)nc1. The predicted molar refractivity (Wildman–Crippen MR) is 108 cm³/mol. The van der Waals surface area contributed by atoms with Gasteiger partial charge >= 0.3 is 0 Å². The van der Waals surface area contributed by atoms with Gasteiger partial charge in [0.15, 0.2) is 5.82 Å². The van der Waals surface area contributed by atoms with Crippen LogP contribution in [0.2, 0.25) is 0 Å². The molecule has 0 fully saturated rings. The number of aryl methyl sites for hydroxylation is 1. The maximum absolute atomic E-state index is 12.3. The normalized spacial score (nSPS) is 10.6. The molecule has 0 radical (unpaired) electrons. The minimum Gasteiger partial charge on any atom is -0.268 e. The Bertz CT molecular complexity index is 1230. The van der Waals surface area contributed by atoms with Gasteiger partial charge in [0.05, 0.1) is 23.9 Å². The van der Waals surface area contributed by atoms with Gasteiger partial charge in [0.1, 0.15) is 0 Å². The van der Waals surface area contributed by atoms with Gasteiger partial charge in [-0.05, 0) is 36.8 Å². The maximum Gasteiger partial charge on any atom is 0.267 e. The molecule has 0 unspecified atom stereocenters. The fraction of sp³-hybridized carbons (Fsp3) is 0.0952. The van der Waals surface area contributed by atoms with Crippen LogP contribution in [-0.4, -0.2) is 19.7 Å². The summed E-state index contributed by atoms with van der Waals surface area (Å²) < 4.78 is 1.43. The predicted octanol–water partition coefficient (Wildman–Crippen LogP) is 3.66. The molecule has 0 spiro atoms. The van der Waals surface area contributed by atoms with E-state index in [9.17, 15) is 4.79 Å². The number of nitriles is 1. The van der Waals surface area contributed by atoms with E-state index in [1.54, 1.807) is 36.7 Å². The van der Waals surface area contributed by atoms with Gasteiger partial charge in [-0.25, -0.2) is 14.6 Å². The van der Waals surface area contributed by atoms with Crippen molar-refractivity contribution in [2.75, 3.05) is 0 Å². The highest BCUT2D eigenvalue weighted by atomic mass is 32.1. The standard InChI is InChI=1S/C21H15N5OS/c1-14-10-23-21(24-11-14)17-8-18(28-13-17)12-26-20(27)6-5-19(25-26)16-4-2-3-15(7-16)9-22/h2-8,10-11,13H,12H2,1H3. The van der Waals surface area contributed by atoms with Crippen LogP contribution in [0.25, 0.3) is 22.6 Å². The van der Waals surface area contributed by atoms with Crippen LogP contribution in [-0.2, 0) is 6.54 Å². The van der Waals surface area contributed by atoms with Gasteiger partial charge < -0.3 is 0 Å². The molecule has 4 rings (SSSR count). The van der Waals surface area contributed by atoms with Crippen molar-refractivity contribution in [3.63, 3.8) is 0 Å². The minimum atomic E-state index is -0.179. The molecule has 0 atom stereocenters. The van der Waals surface area contributed by atoms with E-state index in [1.807, 2.05) is 24.4 Å². The first-order chi connectivity index (χ1) is 13.6.